The zero-order chi connectivity index (χ0) is 12.1. The van der Waals surface area contributed by atoms with E-state index in [1.807, 2.05) is 12.1 Å². The Morgan fingerprint density at radius 3 is 3.12 bits per heavy atom. The molecule has 0 aliphatic carbocycles. The van der Waals surface area contributed by atoms with E-state index >= 15 is 0 Å². The van der Waals surface area contributed by atoms with E-state index in [0.717, 1.165) is 25.0 Å². The molecule has 0 spiro atoms. The third kappa shape index (κ3) is 3.75. The molecule has 1 aliphatic rings. The van der Waals surface area contributed by atoms with Crippen LogP contribution in [0.5, 0.6) is 5.75 Å². The van der Waals surface area contributed by atoms with Gasteiger partial charge in [-0.15, -0.1) is 0 Å². The lowest BCUT2D eigenvalue weighted by Gasteiger charge is -2.11. The minimum Gasteiger partial charge on any atom is -0.491 e. The van der Waals surface area contributed by atoms with E-state index < -0.39 is 5.97 Å². The Morgan fingerprint density at radius 2 is 2.41 bits per heavy atom. The molecule has 1 aromatic carbocycles. The maximum atomic E-state index is 10.6. The van der Waals surface area contributed by atoms with E-state index in [0.29, 0.717) is 12.4 Å². The van der Waals surface area contributed by atoms with Crippen LogP contribution in [-0.2, 0) is 16.0 Å². The second-order valence-corrected chi connectivity index (χ2v) is 4.16. The van der Waals surface area contributed by atoms with Gasteiger partial charge in [-0.2, -0.15) is 0 Å². The molecule has 92 valence electrons. The fraction of sp³-hybridized carbons (Fsp3) is 0.462. The number of ether oxygens (including phenoxy) is 2. The maximum absolute atomic E-state index is 10.6. The van der Waals surface area contributed by atoms with Crippen molar-refractivity contribution in [2.24, 2.45) is 0 Å². The van der Waals surface area contributed by atoms with Crippen molar-refractivity contribution in [3.63, 3.8) is 0 Å². The second-order valence-electron chi connectivity index (χ2n) is 4.16. The average Bonchev–Trinajstić information content (AvgIpc) is 2.79. The van der Waals surface area contributed by atoms with Crippen LogP contribution in [0.3, 0.4) is 0 Å². The van der Waals surface area contributed by atoms with Gasteiger partial charge in [-0.1, -0.05) is 12.1 Å². The van der Waals surface area contributed by atoms with E-state index in [2.05, 4.69) is 0 Å². The summed E-state index contributed by atoms with van der Waals surface area (Å²) in [6.45, 7) is 1.35. The Hall–Kier alpha value is -1.55. The summed E-state index contributed by atoms with van der Waals surface area (Å²) < 4.78 is 11.0. The van der Waals surface area contributed by atoms with Gasteiger partial charge in [0, 0.05) is 6.61 Å². The van der Waals surface area contributed by atoms with Gasteiger partial charge in [-0.25, -0.2) is 0 Å². The van der Waals surface area contributed by atoms with Crippen LogP contribution in [0, 0.1) is 0 Å². The number of hydrogen-bond donors (Lipinski definition) is 1. The Balaban J connectivity index is 1.88. The molecule has 1 aliphatic heterocycles. The minimum absolute atomic E-state index is 0.0249. The summed E-state index contributed by atoms with van der Waals surface area (Å²) in [6.07, 6.45) is 2.33. The van der Waals surface area contributed by atoms with Crippen LogP contribution in [0.2, 0.25) is 0 Å². The predicted octanol–water partition coefficient (Wildman–Crippen LogP) is 1.87. The molecule has 1 fully saturated rings. The van der Waals surface area contributed by atoms with Crippen LogP contribution in [0.1, 0.15) is 18.4 Å². The monoisotopic (exact) mass is 236 g/mol. The zero-order valence-corrected chi connectivity index (χ0v) is 9.59. The van der Waals surface area contributed by atoms with Gasteiger partial charge < -0.3 is 14.6 Å². The molecule has 1 aromatic rings. The number of aliphatic carboxylic acids is 1. The molecule has 4 heteroatoms. The summed E-state index contributed by atoms with van der Waals surface area (Å²) in [5.74, 6) is -0.125. The van der Waals surface area contributed by atoms with Gasteiger partial charge in [0.05, 0.1) is 12.5 Å². The molecule has 17 heavy (non-hydrogen) atoms. The molecule has 1 unspecified atom stereocenters. The van der Waals surface area contributed by atoms with Crippen LogP contribution in [-0.4, -0.2) is 30.4 Å². The number of carbonyl (C=O) groups is 1. The molecule has 0 amide bonds. The molecular weight excluding hydrogens is 220 g/mol. The molecule has 1 N–H and O–H groups in total. The lowest BCUT2D eigenvalue weighted by molar-refractivity contribution is -0.136. The molecule has 1 atom stereocenters. The summed E-state index contributed by atoms with van der Waals surface area (Å²) in [6, 6.07) is 7.19. The zero-order valence-electron chi connectivity index (χ0n) is 9.59. The molecule has 0 saturated carbocycles. The smallest absolute Gasteiger partial charge is 0.307 e. The Labute approximate surface area is 100 Å². The van der Waals surface area contributed by atoms with E-state index in [-0.39, 0.29) is 12.5 Å². The highest BCUT2D eigenvalue weighted by Crippen LogP contribution is 2.17. The molecule has 0 bridgehead atoms. The topological polar surface area (TPSA) is 55.8 Å². The standard InChI is InChI=1S/C13H16O4/c14-13(15)8-10-3-1-4-11(7-10)17-9-12-5-2-6-16-12/h1,3-4,7,12H,2,5-6,8-9H2,(H,14,15). The molecule has 1 saturated heterocycles. The quantitative estimate of drug-likeness (QED) is 0.848. The van der Waals surface area contributed by atoms with Crippen molar-refractivity contribution >= 4 is 5.97 Å². The van der Waals surface area contributed by atoms with Crippen LogP contribution in [0.4, 0.5) is 0 Å². The van der Waals surface area contributed by atoms with Crippen molar-refractivity contribution in [3.05, 3.63) is 29.8 Å². The van der Waals surface area contributed by atoms with E-state index in [4.69, 9.17) is 14.6 Å². The third-order valence-electron chi connectivity index (χ3n) is 2.71. The summed E-state index contributed by atoms with van der Waals surface area (Å²) in [5, 5.41) is 8.70. The van der Waals surface area contributed by atoms with Crippen LogP contribution >= 0.6 is 0 Å². The fourth-order valence-corrected chi connectivity index (χ4v) is 1.88. The Bertz CT molecular complexity index is 383. The molecule has 0 radical (unpaired) electrons. The van der Waals surface area contributed by atoms with Crippen molar-refractivity contribution in [2.75, 3.05) is 13.2 Å². The first-order valence-electron chi connectivity index (χ1n) is 5.79. The Kier molecular flexibility index (Phi) is 3.98. The number of carboxylic acid groups (broad SMARTS) is 1. The minimum atomic E-state index is -0.832. The summed E-state index contributed by atoms with van der Waals surface area (Å²) >= 11 is 0. The van der Waals surface area contributed by atoms with Gasteiger partial charge >= 0.3 is 5.97 Å². The van der Waals surface area contributed by atoms with Gasteiger partial charge in [-0.3, -0.25) is 4.79 Å². The van der Waals surface area contributed by atoms with Gasteiger partial charge in [-0.05, 0) is 30.5 Å². The highest BCUT2D eigenvalue weighted by atomic mass is 16.5. The maximum Gasteiger partial charge on any atom is 0.307 e. The predicted molar refractivity (Wildman–Crippen MR) is 62.3 cm³/mol. The lowest BCUT2D eigenvalue weighted by Crippen LogP contribution is -2.16. The van der Waals surface area contributed by atoms with Crippen molar-refractivity contribution < 1.29 is 19.4 Å². The number of carboxylic acids is 1. The average molecular weight is 236 g/mol. The van der Waals surface area contributed by atoms with Crippen LogP contribution < -0.4 is 4.74 Å². The molecule has 1 heterocycles. The van der Waals surface area contributed by atoms with E-state index in [1.165, 1.54) is 0 Å². The van der Waals surface area contributed by atoms with Gasteiger partial charge in [0.15, 0.2) is 0 Å². The van der Waals surface area contributed by atoms with Crippen molar-refractivity contribution in [3.8, 4) is 5.75 Å². The first-order chi connectivity index (χ1) is 8.24. The first-order valence-corrected chi connectivity index (χ1v) is 5.79. The normalized spacial score (nSPS) is 19.2. The lowest BCUT2D eigenvalue weighted by atomic mass is 10.1. The van der Waals surface area contributed by atoms with Crippen LogP contribution in [0.25, 0.3) is 0 Å². The van der Waals surface area contributed by atoms with Crippen LogP contribution in [0.15, 0.2) is 24.3 Å². The largest absolute Gasteiger partial charge is 0.491 e. The highest BCUT2D eigenvalue weighted by molar-refractivity contribution is 5.70. The molecule has 4 nitrogen and oxygen atoms in total. The molecule has 0 aromatic heterocycles. The third-order valence-corrected chi connectivity index (χ3v) is 2.71. The number of benzene rings is 1. The SMILES string of the molecule is O=C(O)Cc1cccc(OCC2CCCO2)c1. The van der Waals surface area contributed by atoms with E-state index in [1.54, 1.807) is 12.1 Å². The van der Waals surface area contributed by atoms with Crippen molar-refractivity contribution in [1.29, 1.82) is 0 Å². The summed E-state index contributed by atoms with van der Waals surface area (Å²) in [5.41, 5.74) is 0.752. The van der Waals surface area contributed by atoms with Gasteiger partial charge in [0.2, 0.25) is 0 Å². The fourth-order valence-electron chi connectivity index (χ4n) is 1.88. The summed E-state index contributed by atoms with van der Waals surface area (Å²) in [4.78, 5) is 10.6. The van der Waals surface area contributed by atoms with Crippen molar-refractivity contribution in [1.82, 2.24) is 0 Å². The van der Waals surface area contributed by atoms with Crippen molar-refractivity contribution in [2.45, 2.75) is 25.4 Å². The highest BCUT2D eigenvalue weighted by Gasteiger charge is 2.15. The number of rotatable bonds is 5. The van der Waals surface area contributed by atoms with Gasteiger partial charge in [0.25, 0.3) is 0 Å². The molecule has 2 rings (SSSR count). The Morgan fingerprint density at radius 1 is 1.53 bits per heavy atom. The second kappa shape index (κ2) is 5.68. The molecular formula is C13H16O4. The van der Waals surface area contributed by atoms with Gasteiger partial charge in [0.1, 0.15) is 12.4 Å². The van der Waals surface area contributed by atoms with E-state index in [9.17, 15) is 4.79 Å². The first kappa shape index (κ1) is 11.9. The number of hydrogen-bond acceptors (Lipinski definition) is 3. The summed E-state index contributed by atoms with van der Waals surface area (Å²) in [7, 11) is 0.